The molecule has 1 aliphatic rings. The number of nitrogens with one attached hydrogen (secondary N) is 1. The SMILES string of the molecule is CCOC(=O)CC(=O)NCCC(=O)N1CC(C)N(Cc2ccc(F)cc2)CC1C. The summed E-state index contributed by atoms with van der Waals surface area (Å²) in [4.78, 5) is 39.6. The lowest BCUT2D eigenvalue weighted by Crippen LogP contribution is -2.57. The van der Waals surface area contributed by atoms with Crippen LogP contribution in [0.25, 0.3) is 0 Å². The van der Waals surface area contributed by atoms with Crippen molar-refractivity contribution in [1.29, 1.82) is 0 Å². The molecule has 0 aliphatic carbocycles. The van der Waals surface area contributed by atoms with Gasteiger partial charge < -0.3 is 15.0 Å². The van der Waals surface area contributed by atoms with Gasteiger partial charge in [-0.3, -0.25) is 19.3 Å². The van der Waals surface area contributed by atoms with Gasteiger partial charge in [-0.1, -0.05) is 12.1 Å². The lowest BCUT2D eigenvalue weighted by molar-refractivity contribution is -0.145. The van der Waals surface area contributed by atoms with Gasteiger partial charge in [0.2, 0.25) is 11.8 Å². The van der Waals surface area contributed by atoms with E-state index in [-0.39, 0.29) is 49.8 Å². The summed E-state index contributed by atoms with van der Waals surface area (Å²) < 4.78 is 17.8. The summed E-state index contributed by atoms with van der Waals surface area (Å²) in [5.74, 6) is -1.29. The highest BCUT2D eigenvalue weighted by Crippen LogP contribution is 2.19. The van der Waals surface area contributed by atoms with Gasteiger partial charge in [0.1, 0.15) is 12.2 Å². The lowest BCUT2D eigenvalue weighted by Gasteiger charge is -2.44. The van der Waals surface area contributed by atoms with Crippen molar-refractivity contribution in [2.75, 3.05) is 26.2 Å². The van der Waals surface area contributed by atoms with Crippen molar-refractivity contribution in [3.63, 3.8) is 0 Å². The molecule has 2 atom stereocenters. The minimum Gasteiger partial charge on any atom is -0.466 e. The van der Waals surface area contributed by atoms with Crippen LogP contribution in [0.5, 0.6) is 0 Å². The van der Waals surface area contributed by atoms with Crippen molar-refractivity contribution in [3.8, 4) is 0 Å². The molecule has 1 aromatic rings. The van der Waals surface area contributed by atoms with E-state index < -0.39 is 11.9 Å². The van der Waals surface area contributed by atoms with Gasteiger partial charge in [-0.05, 0) is 38.5 Å². The van der Waals surface area contributed by atoms with Crippen molar-refractivity contribution >= 4 is 17.8 Å². The van der Waals surface area contributed by atoms with E-state index >= 15 is 0 Å². The Morgan fingerprint density at radius 1 is 1.14 bits per heavy atom. The first-order chi connectivity index (χ1) is 13.8. The van der Waals surface area contributed by atoms with E-state index in [0.29, 0.717) is 13.1 Å². The summed E-state index contributed by atoms with van der Waals surface area (Å²) >= 11 is 0. The van der Waals surface area contributed by atoms with Crippen LogP contribution in [-0.2, 0) is 25.7 Å². The van der Waals surface area contributed by atoms with Gasteiger partial charge in [-0.2, -0.15) is 0 Å². The minimum atomic E-state index is -0.573. The van der Waals surface area contributed by atoms with E-state index in [0.717, 1.165) is 12.1 Å². The largest absolute Gasteiger partial charge is 0.466 e. The molecule has 29 heavy (non-hydrogen) atoms. The summed E-state index contributed by atoms with van der Waals surface area (Å²) in [6.07, 6.45) is -0.152. The monoisotopic (exact) mass is 407 g/mol. The second kappa shape index (κ2) is 10.9. The van der Waals surface area contributed by atoms with Crippen molar-refractivity contribution in [1.82, 2.24) is 15.1 Å². The standard InChI is InChI=1S/C21H30FN3O4/c1-4-29-21(28)11-19(26)23-10-9-20(27)25-13-15(2)24(12-16(25)3)14-17-5-7-18(22)8-6-17/h5-8,15-16H,4,9-14H2,1-3H3,(H,23,26). The Kier molecular flexibility index (Phi) is 8.57. The van der Waals surface area contributed by atoms with Crippen molar-refractivity contribution < 1.29 is 23.5 Å². The second-order valence-electron chi connectivity index (χ2n) is 7.38. The highest BCUT2D eigenvalue weighted by Gasteiger charge is 2.31. The van der Waals surface area contributed by atoms with Crippen LogP contribution in [0.1, 0.15) is 39.2 Å². The Hall–Kier alpha value is -2.48. The molecule has 2 unspecified atom stereocenters. The molecule has 0 spiro atoms. The molecule has 0 radical (unpaired) electrons. The van der Waals surface area contributed by atoms with E-state index in [2.05, 4.69) is 17.1 Å². The van der Waals surface area contributed by atoms with Gasteiger partial charge in [0.15, 0.2) is 0 Å². The third-order valence-electron chi connectivity index (χ3n) is 5.01. The average Bonchev–Trinajstić information content (AvgIpc) is 2.66. The smallest absolute Gasteiger partial charge is 0.315 e. The van der Waals surface area contributed by atoms with E-state index in [9.17, 15) is 18.8 Å². The van der Waals surface area contributed by atoms with Crippen LogP contribution in [0.4, 0.5) is 4.39 Å². The summed E-state index contributed by atoms with van der Waals surface area (Å²) in [6.45, 7) is 8.19. The summed E-state index contributed by atoms with van der Waals surface area (Å²) in [5.41, 5.74) is 1.04. The van der Waals surface area contributed by atoms with Crippen LogP contribution in [0, 0.1) is 5.82 Å². The van der Waals surface area contributed by atoms with Crippen molar-refractivity contribution in [2.45, 2.75) is 52.2 Å². The third-order valence-corrected chi connectivity index (χ3v) is 5.01. The number of benzene rings is 1. The number of esters is 1. The molecule has 2 amide bonds. The number of hydrogen-bond donors (Lipinski definition) is 1. The first-order valence-electron chi connectivity index (χ1n) is 10.0. The van der Waals surface area contributed by atoms with Crippen LogP contribution in [0.3, 0.4) is 0 Å². The molecule has 8 heteroatoms. The molecular weight excluding hydrogens is 377 g/mol. The number of halogens is 1. The number of carbonyl (C=O) groups excluding carboxylic acids is 3. The highest BCUT2D eigenvalue weighted by molar-refractivity contribution is 5.94. The van der Waals surface area contributed by atoms with Crippen molar-refractivity contribution in [3.05, 3.63) is 35.6 Å². The molecule has 1 aliphatic heterocycles. The summed E-state index contributed by atoms with van der Waals surface area (Å²) in [6, 6.07) is 6.68. The number of carbonyl (C=O) groups is 3. The number of amides is 2. The number of piperazine rings is 1. The van der Waals surface area contributed by atoms with Gasteiger partial charge in [0.05, 0.1) is 6.61 Å². The molecule has 0 aromatic heterocycles. The Labute approximate surface area is 171 Å². The molecule has 1 N–H and O–H groups in total. The first-order valence-corrected chi connectivity index (χ1v) is 10.0. The van der Waals surface area contributed by atoms with Crippen molar-refractivity contribution in [2.24, 2.45) is 0 Å². The fraction of sp³-hybridized carbons (Fsp3) is 0.571. The van der Waals surface area contributed by atoms with Gasteiger partial charge >= 0.3 is 5.97 Å². The summed E-state index contributed by atoms with van der Waals surface area (Å²) in [5, 5.41) is 2.59. The van der Waals surface area contributed by atoms with E-state index in [1.165, 1.54) is 12.1 Å². The zero-order valence-electron chi connectivity index (χ0n) is 17.3. The number of ether oxygens (including phenoxy) is 1. The minimum absolute atomic E-state index is 0.0257. The predicted molar refractivity (Wildman–Crippen MR) is 106 cm³/mol. The molecule has 160 valence electrons. The molecule has 0 bridgehead atoms. The quantitative estimate of drug-likeness (QED) is 0.524. The zero-order valence-corrected chi connectivity index (χ0v) is 17.3. The molecule has 1 aromatic carbocycles. The van der Waals surface area contributed by atoms with Crippen LogP contribution in [0.15, 0.2) is 24.3 Å². The van der Waals surface area contributed by atoms with Crippen LogP contribution < -0.4 is 5.32 Å². The molecule has 1 heterocycles. The first kappa shape index (κ1) is 22.8. The number of nitrogens with zero attached hydrogens (tertiary/aromatic N) is 2. The number of hydrogen-bond acceptors (Lipinski definition) is 5. The van der Waals surface area contributed by atoms with Gasteiger partial charge in [0.25, 0.3) is 0 Å². The molecule has 1 fully saturated rings. The van der Waals surface area contributed by atoms with Gasteiger partial charge in [-0.25, -0.2) is 4.39 Å². The molecule has 1 saturated heterocycles. The fourth-order valence-corrected chi connectivity index (χ4v) is 3.45. The fourth-order valence-electron chi connectivity index (χ4n) is 3.45. The molecule has 0 saturated carbocycles. The third kappa shape index (κ3) is 7.12. The highest BCUT2D eigenvalue weighted by atomic mass is 19.1. The summed E-state index contributed by atoms with van der Waals surface area (Å²) in [7, 11) is 0. The second-order valence-corrected chi connectivity index (χ2v) is 7.38. The lowest BCUT2D eigenvalue weighted by atomic mass is 10.1. The Balaban J connectivity index is 1.78. The van der Waals surface area contributed by atoms with Gasteiger partial charge in [-0.15, -0.1) is 0 Å². The Morgan fingerprint density at radius 3 is 2.48 bits per heavy atom. The average molecular weight is 407 g/mol. The number of rotatable bonds is 8. The van der Waals surface area contributed by atoms with Crippen LogP contribution in [-0.4, -0.2) is 65.9 Å². The van der Waals surface area contributed by atoms with E-state index in [1.54, 1.807) is 19.1 Å². The normalized spacial score (nSPS) is 19.7. The molecule has 2 rings (SSSR count). The maximum Gasteiger partial charge on any atom is 0.315 e. The Bertz CT molecular complexity index is 710. The van der Waals surface area contributed by atoms with Gasteiger partial charge in [0, 0.05) is 44.7 Å². The maximum atomic E-state index is 13.1. The molecular formula is C21H30FN3O4. The van der Waals surface area contributed by atoms with E-state index in [1.807, 2.05) is 11.8 Å². The Morgan fingerprint density at radius 2 is 1.83 bits per heavy atom. The topological polar surface area (TPSA) is 78.9 Å². The van der Waals surface area contributed by atoms with E-state index in [4.69, 9.17) is 4.74 Å². The van der Waals surface area contributed by atoms with Crippen LogP contribution in [0.2, 0.25) is 0 Å². The molecule has 7 nitrogen and oxygen atoms in total. The maximum absolute atomic E-state index is 13.1. The zero-order chi connectivity index (χ0) is 21.4. The van der Waals surface area contributed by atoms with Crippen LogP contribution >= 0.6 is 0 Å². The predicted octanol–water partition coefficient (Wildman–Crippen LogP) is 1.71.